The quantitative estimate of drug-likeness (QED) is 0.874. The van der Waals surface area contributed by atoms with Crippen molar-refractivity contribution in [2.75, 3.05) is 0 Å². The van der Waals surface area contributed by atoms with Crippen molar-refractivity contribution in [2.24, 2.45) is 0 Å². The number of carbonyl (C=O) groups is 1. The summed E-state index contributed by atoms with van der Waals surface area (Å²) in [6, 6.07) is 7.44. The summed E-state index contributed by atoms with van der Waals surface area (Å²) in [5.41, 5.74) is 2.23. The van der Waals surface area contributed by atoms with E-state index in [1.54, 1.807) is 16.8 Å². The molecule has 1 aromatic heterocycles. The number of nitrogens with zero attached hydrogens (tertiary/aromatic N) is 1. The van der Waals surface area contributed by atoms with Crippen molar-refractivity contribution < 1.29 is 9.90 Å². The molecule has 3 nitrogen and oxygen atoms in total. The van der Waals surface area contributed by atoms with Gasteiger partial charge in [0, 0.05) is 20.8 Å². The molecule has 0 amide bonds. The molecule has 94 valence electrons. The van der Waals surface area contributed by atoms with Crippen LogP contribution in [0.2, 0.25) is 0 Å². The van der Waals surface area contributed by atoms with Crippen molar-refractivity contribution in [3.05, 3.63) is 50.7 Å². The lowest BCUT2D eigenvalue weighted by Gasteiger charge is -2.11. The minimum atomic E-state index is -0.939. The van der Waals surface area contributed by atoms with E-state index in [4.69, 9.17) is 0 Å². The van der Waals surface area contributed by atoms with Crippen molar-refractivity contribution in [3.63, 3.8) is 0 Å². The highest BCUT2D eigenvalue weighted by Crippen LogP contribution is 2.25. The molecule has 1 heterocycles. The molecule has 0 atom stereocenters. The molecular formula is C13H11Br2NO2. The van der Waals surface area contributed by atoms with E-state index in [0.29, 0.717) is 0 Å². The summed E-state index contributed by atoms with van der Waals surface area (Å²) >= 11 is 6.74. The van der Waals surface area contributed by atoms with E-state index in [9.17, 15) is 9.90 Å². The third-order valence-corrected chi connectivity index (χ3v) is 3.61. The van der Waals surface area contributed by atoms with Crippen LogP contribution in [0.15, 0.2) is 39.4 Å². The number of halogens is 2. The van der Waals surface area contributed by atoms with Gasteiger partial charge in [0.2, 0.25) is 0 Å². The summed E-state index contributed by atoms with van der Waals surface area (Å²) in [7, 11) is 0. The van der Waals surface area contributed by atoms with Gasteiger partial charge in [-0.15, -0.1) is 0 Å². The molecule has 0 spiro atoms. The third-order valence-electron chi connectivity index (χ3n) is 2.69. The maximum atomic E-state index is 11.2. The number of aromatic nitrogens is 1. The Bertz CT molecular complexity index is 605. The first kappa shape index (κ1) is 13.4. The van der Waals surface area contributed by atoms with Gasteiger partial charge in [0.1, 0.15) is 5.69 Å². The van der Waals surface area contributed by atoms with Crippen LogP contribution < -0.4 is 0 Å². The fraction of sp³-hybridized carbons (Fsp3) is 0.154. The molecule has 2 rings (SSSR count). The molecule has 0 aliphatic carbocycles. The van der Waals surface area contributed by atoms with Gasteiger partial charge in [-0.2, -0.15) is 0 Å². The Morgan fingerprint density at radius 2 is 2.00 bits per heavy atom. The highest BCUT2D eigenvalue weighted by atomic mass is 79.9. The van der Waals surface area contributed by atoms with Gasteiger partial charge in [-0.3, -0.25) is 0 Å². The van der Waals surface area contributed by atoms with Crippen LogP contribution in [0.4, 0.5) is 0 Å². The zero-order valence-electron chi connectivity index (χ0n) is 9.65. The number of carboxylic acid groups (broad SMARTS) is 1. The fourth-order valence-corrected chi connectivity index (χ4v) is 2.70. The Hall–Kier alpha value is -1.07. The van der Waals surface area contributed by atoms with Gasteiger partial charge in [-0.1, -0.05) is 22.9 Å². The Kier molecular flexibility index (Phi) is 3.92. The van der Waals surface area contributed by atoms with Gasteiger partial charge in [-0.05, 0) is 52.2 Å². The van der Waals surface area contributed by atoms with Gasteiger partial charge < -0.3 is 9.67 Å². The lowest BCUT2D eigenvalue weighted by atomic mass is 10.1. The summed E-state index contributed by atoms with van der Waals surface area (Å²) in [4.78, 5) is 11.2. The minimum Gasteiger partial charge on any atom is -0.477 e. The fourth-order valence-electron chi connectivity index (χ4n) is 1.87. The molecule has 2 aromatic rings. The van der Waals surface area contributed by atoms with Gasteiger partial charge >= 0.3 is 5.97 Å². The summed E-state index contributed by atoms with van der Waals surface area (Å²) in [5.74, 6) is -0.939. The van der Waals surface area contributed by atoms with Crippen molar-refractivity contribution in [1.29, 1.82) is 0 Å². The van der Waals surface area contributed by atoms with Crippen LogP contribution in [-0.4, -0.2) is 15.6 Å². The molecule has 0 radical (unpaired) electrons. The molecule has 5 heteroatoms. The van der Waals surface area contributed by atoms with Crippen LogP contribution in [-0.2, 0) is 6.42 Å². The maximum absolute atomic E-state index is 11.2. The number of hydrogen-bond acceptors (Lipinski definition) is 1. The average Bonchev–Trinajstić information content (AvgIpc) is 2.71. The Morgan fingerprint density at radius 1 is 1.28 bits per heavy atom. The highest BCUT2D eigenvalue weighted by molar-refractivity contribution is 9.10. The Labute approximate surface area is 122 Å². The van der Waals surface area contributed by atoms with E-state index in [-0.39, 0.29) is 5.69 Å². The van der Waals surface area contributed by atoms with Crippen molar-refractivity contribution >= 4 is 37.8 Å². The van der Waals surface area contributed by atoms with Crippen molar-refractivity contribution in [1.82, 2.24) is 4.57 Å². The smallest absolute Gasteiger partial charge is 0.352 e. The maximum Gasteiger partial charge on any atom is 0.352 e. The molecule has 1 aromatic carbocycles. The van der Waals surface area contributed by atoms with Crippen LogP contribution in [0.1, 0.15) is 23.0 Å². The van der Waals surface area contributed by atoms with E-state index >= 15 is 0 Å². The lowest BCUT2D eigenvalue weighted by molar-refractivity contribution is 0.0688. The van der Waals surface area contributed by atoms with E-state index in [0.717, 1.165) is 26.6 Å². The summed E-state index contributed by atoms with van der Waals surface area (Å²) in [6.07, 6.45) is 2.61. The summed E-state index contributed by atoms with van der Waals surface area (Å²) < 4.78 is 3.44. The average molecular weight is 373 g/mol. The van der Waals surface area contributed by atoms with Crippen molar-refractivity contribution in [3.8, 4) is 5.69 Å². The molecule has 0 aliphatic heterocycles. The second-order valence-electron chi connectivity index (χ2n) is 3.85. The van der Waals surface area contributed by atoms with Crippen LogP contribution in [0.3, 0.4) is 0 Å². The predicted molar refractivity (Wildman–Crippen MR) is 77.5 cm³/mol. The second-order valence-corrected chi connectivity index (χ2v) is 5.68. The highest BCUT2D eigenvalue weighted by Gasteiger charge is 2.14. The van der Waals surface area contributed by atoms with Gasteiger partial charge in [0.15, 0.2) is 0 Å². The molecule has 18 heavy (non-hydrogen) atoms. The van der Waals surface area contributed by atoms with Gasteiger partial charge in [0.05, 0.1) is 0 Å². The predicted octanol–water partition coefficient (Wildman–Crippen LogP) is 4.26. The molecule has 0 unspecified atom stereocenters. The normalized spacial score (nSPS) is 10.6. The van der Waals surface area contributed by atoms with E-state index in [1.807, 2.05) is 25.1 Å². The van der Waals surface area contributed by atoms with Gasteiger partial charge in [0.25, 0.3) is 0 Å². The minimum absolute atomic E-state index is 0.249. The first-order valence-corrected chi connectivity index (χ1v) is 7.01. The van der Waals surface area contributed by atoms with E-state index < -0.39 is 5.97 Å². The number of aromatic carboxylic acids is 1. The van der Waals surface area contributed by atoms with Crippen LogP contribution in [0.5, 0.6) is 0 Å². The number of benzene rings is 1. The molecular weight excluding hydrogens is 362 g/mol. The first-order chi connectivity index (χ1) is 8.52. The standard InChI is InChI=1S/C13H11Br2NO2/c1-2-8-5-9(14)3-4-11(8)16-7-10(15)6-12(16)13(17)18/h3-7H,2H2,1H3,(H,17,18). The molecule has 0 bridgehead atoms. The second kappa shape index (κ2) is 5.28. The number of aryl methyl sites for hydroxylation is 1. The zero-order chi connectivity index (χ0) is 13.3. The zero-order valence-corrected chi connectivity index (χ0v) is 12.8. The molecule has 0 saturated carbocycles. The third kappa shape index (κ3) is 2.52. The van der Waals surface area contributed by atoms with Crippen LogP contribution in [0, 0.1) is 0 Å². The van der Waals surface area contributed by atoms with Crippen LogP contribution >= 0.6 is 31.9 Å². The molecule has 0 aliphatic rings. The molecule has 0 saturated heterocycles. The molecule has 1 N–H and O–H groups in total. The monoisotopic (exact) mass is 371 g/mol. The number of carboxylic acids is 1. The Morgan fingerprint density at radius 3 is 2.61 bits per heavy atom. The van der Waals surface area contributed by atoms with Crippen LogP contribution in [0.25, 0.3) is 5.69 Å². The number of hydrogen-bond donors (Lipinski definition) is 1. The first-order valence-electron chi connectivity index (χ1n) is 5.43. The Balaban J connectivity index is 2.65. The lowest BCUT2D eigenvalue weighted by Crippen LogP contribution is -2.07. The SMILES string of the molecule is CCc1cc(Br)ccc1-n1cc(Br)cc1C(=O)O. The van der Waals surface area contributed by atoms with Gasteiger partial charge in [-0.25, -0.2) is 4.79 Å². The molecule has 0 fully saturated rings. The summed E-state index contributed by atoms with van der Waals surface area (Å²) in [6.45, 7) is 2.05. The topological polar surface area (TPSA) is 42.2 Å². The van der Waals surface area contributed by atoms with E-state index in [1.165, 1.54) is 0 Å². The van der Waals surface area contributed by atoms with E-state index in [2.05, 4.69) is 31.9 Å². The largest absolute Gasteiger partial charge is 0.477 e. The number of rotatable bonds is 3. The van der Waals surface area contributed by atoms with Crippen molar-refractivity contribution in [2.45, 2.75) is 13.3 Å². The summed E-state index contributed by atoms with van der Waals surface area (Å²) in [5, 5.41) is 9.21.